The van der Waals surface area contributed by atoms with Gasteiger partial charge in [-0.1, -0.05) is 48.6 Å². The molecule has 6 nitrogen and oxygen atoms in total. The van der Waals surface area contributed by atoms with Crippen LogP contribution in [0.15, 0.2) is 63.5 Å². The number of phenols is 1. The number of hydrogen-bond donors (Lipinski definition) is 1. The van der Waals surface area contributed by atoms with E-state index in [9.17, 15) is 14.7 Å². The highest BCUT2D eigenvalue weighted by atomic mass is 127. The Morgan fingerprint density at radius 2 is 2.00 bits per heavy atom. The van der Waals surface area contributed by atoms with Gasteiger partial charge < -0.3 is 9.84 Å². The van der Waals surface area contributed by atoms with Crippen LogP contribution in [0.4, 0.5) is 0 Å². The number of carbonyl (C=O) groups excluding carboxylic acids is 1. The maximum absolute atomic E-state index is 13.6. The van der Waals surface area contributed by atoms with Gasteiger partial charge in [0.15, 0.2) is 4.80 Å². The van der Waals surface area contributed by atoms with Crippen molar-refractivity contribution in [3.05, 3.63) is 91.7 Å². The zero-order valence-electron chi connectivity index (χ0n) is 17.1. The van der Waals surface area contributed by atoms with E-state index in [2.05, 4.69) is 50.2 Å². The minimum atomic E-state index is -0.637. The number of esters is 1. The third-order valence-corrected chi connectivity index (χ3v) is 7.54. The number of ether oxygens (including phenoxy) is 1. The third kappa shape index (κ3) is 4.17. The van der Waals surface area contributed by atoms with Gasteiger partial charge in [0, 0.05) is 9.13 Å². The summed E-state index contributed by atoms with van der Waals surface area (Å²) in [5.74, 6) is -0.375. The number of aromatic nitrogens is 1. The average molecular weight is 672 g/mol. The van der Waals surface area contributed by atoms with E-state index in [-0.39, 0.29) is 11.3 Å². The minimum absolute atomic E-state index is 0.126. The van der Waals surface area contributed by atoms with Gasteiger partial charge in [-0.2, -0.15) is 0 Å². The molecule has 2 heterocycles. The highest BCUT2D eigenvalue weighted by Crippen LogP contribution is 2.32. The number of carbonyl (C=O) groups is 1. The Kier molecular flexibility index (Phi) is 6.86. The van der Waals surface area contributed by atoms with Gasteiger partial charge in [-0.05, 0) is 75.4 Å². The van der Waals surface area contributed by atoms with Crippen LogP contribution >= 0.6 is 56.5 Å². The molecule has 1 aromatic heterocycles. The van der Waals surface area contributed by atoms with Crippen LogP contribution in [-0.2, 0) is 9.53 Å². The summed E-state index contributed by atoms with van der Waals surface area (Å²) in [6.45, 7) is 1.92. The first-order valence-corrected chi connectivity index (χ1v) is 12.7. The molecule has 0 saturated heterocycles. The van der Waals surface area contributed by atoms with E-state index >= 15 is 0 Å². The maximum Gasteiger partial charge on any atom is 0.338 e. The Morgan fingerprint density at radius 3 is 2.66 bits per heavy atom. The lowest BCUT2D eigenvalue weighted by atomic mass is 9.95. The summed E-state index contributed by atoms with van der Waals surface area (Å²) in [5, 5.41) is 10.5. The molecule has 0 aliphatic carbocycles. The van der Waals surface area contributed by atoms with E-state index in [4.69, 9.17) is 4.74 Å². The standard InChI is InChI=1S/C23H18I2N2O4S/c1-3-16-18(22(30)31-2)19(12-7-5-4-6-8-12)27-21(29)17(32-23(27)26-16)10-13-9-14(24)11-15(25)20(13)28/h4-11,19,28H,3H2,1-2H3/b17-10-/t19-/m0/s1. The van der Waals surface area contributed by atoms with Crippen LogP contribution in [0.3, 0.4) is 0 Å². The fourth-order valence-corrected chi connectivity index (χ4v) is 6.55. The number of phenolic OH excluding ortho intramolecular Hbond substituents is 1. The number of fused-ring (bicyclic) bond motifs is 1. The highest BCUT2D eigenvalue weighted by molar-refractivity contribution is 14.1. The Bertz CT molecular complexity index is 1420. The first-order valence-electron chi connectivity index (χ1n) is 9.71. The number of hydrogen-bond acceptors (Lipinski definition) is 6. The lowest BCUT2D eigenvalue weighted by Gasteiger charge is -2.25. The SMILES string of the molecule is CCC1=C(C(=O)OC)[C@H](c2ccccc2)n2c(s/c(=C\c3cc(I)cc(I)c3O)c2=O)=N1. The molecule has 0 unspecified atom stereocenters. The van der Waals surface area contributed by atoms with E-state index in [0.717, 1.165) is 9.13 Å². The minimum Gasteiger partial charge on any atom is -0.506 e. The molecule has 1 aliphatic heterocycles. The predicted octanol–water partition coefficient (Wildman–Crippen LogP) is 3.71. The number of thiazole rings is 1. The van der Waals surface area contributed by atoms with Gasteiger partial charge >= 0.3 is 5.97 Å². The maximum atomic E-state index is 13.6. The molecule has 32 heavy (non-hydrogen) atoms. The average Bonchev–Trinajstić information content (AvgIpc) is 3.10. The number of methoxy groups -OCH3 is 1. The van der Waals surface area contributed by atoms with Crippen molar-refractivity contribution in [1.82, 2.24) is 4.57 Å². The van der Waals surface area contributed by atoms with Gasteiger partial charge in [0.25, 0.3) is 5.56 Å². The van der Waals surface area contributed by atoms with Crippen molar-refractivity contribution in [3.63, 3.8) is 0 Å². The number of halogens is 2. The molecule has 1 aliphatic rings. The molecular formula is C23H18I2N2O4S. The first kappa shape index (κ1) is 23.2. The molecule has 0 spiro atoms. The quantitative estimate of drug-likeness (QED) is 0.339. The smallest absolute Gasteiger partial charge is 0.338 e. The summed E-state index contributed by atoms with van der Waals surface area (Å²) in [6.07, 6.45) is 2.20. The Hall–Kier alpha value is -1.99. The number of aromatic hydroxyl groups is 1. The van der Waals surface area contributed by atoms with Crippen LogP contribution in [0.2, 0.25) is 0 Å². The molecule has 0 saturated carbocycles. The largest absolute Gasteiger partial charge is 0.506 e. The zero-order valence-corrected chi connectivity index (χ0v) is 22.3. The molecule has 164 valence electrons. The Morgan fingerprint density at radius 1 is 1.28 bits per heavy atom. The van der Waals surface area contributed by atoms with Crippen LogP contribution in [0.25, 0.3) is 6.08 Å². The zero-order chi connectivity index (χ0) is 23.0. The topological polar surface area (TPSA) is 80.9 Å². The van der Waals surface area contributed by atoms with Crippen LogP contribution in [0.1, 0.15) is 30.5 Å². The fourth-order valence-electron chi connectivity index (χ4n) is 3.65. The summed E-state index contributed by atoms with van der Waals surface area (Å²) < 4.78 is 8.70. The van der Waals surface area contributed by atoms with Gasteiger partial charge in [-0.15, -0.1) is 0 Å². The van der Waals surface area contributed by atoms with Crippen molar-refractivity contribution in [2.24, 2.45) is 4.99 Å². The van der Waals surface area contributed by atoms with Gasteiger partial charge in [0.05, 0.1) is 32.5 Å². The van der Waals surface area contributed by atoms with Gasteiger partial charge in [0.2, 0.25) is 0 Å². The lowest BCUT2D eigenvalue weighted by molar-refractivity contribution is -0.136. The second-order valence-electron chi connectivity index (χ2n) is 7.02. The van der Waals surface area contributed by atoms with Gasteiger partial charge in [-0.3, -0.25) is 9.36 Å². The van der Waals surface area contributed by atoms with E-state index in [1.807, 2.05) is 49.4 Å². The summed E-state index contributed by atoms with van der Waals surface area (Å²) in [4.78, 5) is 31.5. The third-order valence-electron chi connectivity index (χ3n) is 5.11. The summed E-state index contributed by atoms with van der Waals surface area (Å²) >= 11 is 5.48. The molecule has 1 atom stereocenters. The Labute approximate surface area is 215 Å². The highest BCUT2D eigenvalue weighted by Gasteiger charge is 2.33. The molecule has 1 N–H and O–H groups in total. The molecule has 0 amide bonds. The van der Waals surface area contributed by atoms with Gasteiger partial charge in [0.1, 0.15) is 5.75 Å². The van der Waals surface area contributed by atoms with E-state index in [1.165, 1.54) is 18.4 Å². The second-order valence-corrected chi connectivity index (χ2v) is 10.4. The molecular weight excluding hydrogens is 654 g/mol. The Balaban J connectivity index is 2.03. The van der Waals surface area contributed by atoms with Crippen molar-refractivity contribution in [2.75, 3.05) is 7.11 Å². The van der Waals surface area contributed by atoms with Crippen LogP contribution < -0.4 is 14.9 Å². The molecule has 2 aromatic carbocycles. The number of benzene rings is 2. The monoisotopic (exact) mass is 672 g/mol. The summed E-state index contributed by atoms with van der Waals surface area (Å²) in [6, 6.07) is 12.4. The molecule has 0 bridgehead atoms. The molecule has 9 heteroatoms. The molecule has 4 rings (SSSR count). The molecule has 0 fully saturated rings. The normalized spacial score (nSPS) is 16.0. The van der Waals surface area contributed by atoms with Crippen molar-refractivity contribution >= 4 is 68.6 Å². The molecule has 0 radical (unpaired) electrons. The van der Waals surface area contributed by atoms with E-state index < -0.39 is 12.0 Å². The fraction of sp³-hybridized carbons (Fsp3) is 0.174. The first-order chi connectivity index (χ1) is 15.3. The number of rotatable bonds is 4. The van der Waals surface area contributed by atoms with Crippen molar-refractivity contribution in [1.29, 1.82) is 0 Å². The number of allylic oxidation sites excluding steroid dienone is 1. The summed E-state index contributed by atoms with van der Waals surface area (Å²) in [7, 11) is 1.33. The van der Waals surface area contributed by atoms with Gasteiger partial charge in [-0.25, -0.2) is 9.79 Å². The van der Waals surface area contributed by atoms with Crippen molar-refractivity contribution in [2.45, 2.75) is 19.4 Å². The van der Waals surface area contributed by atoms with Crippen molar-refractivity contribution < 1.29 is 14.6 Å². The lowest BCUT2D eigenvalue weighted by Crippen LogP contribution is -2.40. The summed E-state index contributed by atoms with van der Waals surface area (Å²) in [5.41, 5.74) is 2.06. The predicted molar refractivity (Wildman–Crippen MR) is 140 cm³/mol. The van der Waals surface area contributed by atoms with E-state index in [1.54, 1.807) is 10.6 Å². The van der Waals surface area contributed by atoms with Crippen molar-refractivity contribution in [3.8, 4) is 5.75 Å². The van der Waals surface area contributed by atoms with E-state index in [0.29, 0.717) is 36.2 Å². The molecule has 3 aromatic rings. The van der Waals surface area contributed by atoms with Crippen LogP contribution in [0.5, 0.6) is 5.75 Å². The van der Waals surface area contributed by atoms with Crippen LogP contribution in [0, 0.1) is 7.14 Å². The second kappa shape index (κ2) is 9.48. The van der Waals surface area contributed by atoms with Crippen LogP contribution in [-0.4, -0.2) is 22.8 Å². The number of nitrogens with zero attached hydrogens (tertiary/aromatic N) is 2.